The monoisotopic (exact) mass is 564 g/mol. The summed E-state index contributed by atoms with van der Waals surface area (Å²) in [5.41, 5.74) is 0.418. The highest BCUT2D eigenvalue weighted by Gasteiger charge is 2.32. The van der Waals surface area contributed by atoms with Gasteiger partial charge in [0.2, 0.25) is 5.88 Å². The molecule has 1 fully saturated rings. The Morgan fingerprint density at radius 1 is 0.974 bits per heavy atom. The van der Waals surface area contributed by atoms with Crippen LogP contribution in [-0.4, -0.2) is 73.4 Å². The topological polar surface area (TPSA) is 93.2 Å². The number of piperazine rings is 1. The molecule has 0 aliphatic carbocycles. The van der Waals surface area contributed by atoms with Gasteiger partial charge in [-0.15, -0.1) is 24.5 Å². The zero-order chi connectivity index (χ0) is 28.0. The molecule has 1 N–H and O–H groups in total. The molecule has 3 heterocycles. The number of para-hydroxylation sites is 1. The Morgan fingerprint density at radius 3 is 2.41 bits per heavy atom. The van der Waals surface area contributed by atoms with Crippen molar-refractivity contribution in [3.05, 3.63) is 69.5 Å². The largest absolute Gasteiger partial charge is 0.573 e. The van der Waals surface area contributed by atoms with Gasteiger partial charge in [-0.2, -0.15) is 0 Å². The van der Waals surface area contributed by atoms with Gasteiger partial charge in [-0.1, -0.05) is 18.2 Å². The summed E-state index contributed by atoms with van der Waals surface area (Å²) in [7, 11) is 2.96. The minimum absolute atomic E-state index is 0.110. The molecule has 3 aromatic rings. The van der Waals surface area contributed by atoms with Crippen molar-refractivity contribution in [2.75, 3.05) is 40.4 Å². The van der Waals surface area contributed by atoms with E-state index in [4.69, 9.17) is 9.47 Å². The highest BCUT2D eigenvalue weighted by atomic mass is 32.1. The normalized spacial score (nSPS) is 14.1. The van der Waals surface area contributed by atoms with Gasteiger partial charge < -0.3 is 24.4 Å². The molecule has 0 atom stereocenters. The van der Waals surface area contributed by atoms with Crippen LogP contribution in [0.4, 0.5) is 13.2 Å². The molecule has 208 valence electrons. The van der Waals surface area contributed by atoms with Crippen LogP contribution in [0, 0.1) is 0 Å². The Hall–Kier alpha value is -3.84. The van der Waals surface area contributed by atoms with Crippen molar-refractivity contribution in [2.45, 2.75) is 19.5 Å². The number of amides is 2. The fourth-order valence-corrected chi connectivity index (χ4v) is 5.03. The molecule has 1 aromatic carbocycles. The standard InChI is InChI=1S/C26H27F3N4O5S/c1-36-20-8-10-22(37-2)31-23(20)25(35)33-13-11-32(12-14-33)16-18-7-9-21(39-18)24(34)30-15-17-5-3-4-6-19(17)38-26(27,28)29/h3-10H,11-16H2,1-2H3,(H,30,34). The van der Waals surface area contributed by atoms with E-state index in [-0.39, 0.29) is 35.4 Å². The summed E-state index contributed by atoms with van der Waals surface area (Å²) in [5, 5.41) is 2.65. The van der Waals surface area contributed by atoms with Gasteiger partial charge in [0.1, 0.15) is 5.75 Å². The number of hydrogen-bond acceptors (Lipinski definition) is 8. The smallest absolute Gasteiger partial charge is 0.494 e. The maximum absolute atomic E-state index is 13.0. The molecule has 39 heavy (non-hydrogen) atoms. The van der Waals surface area contributed by atoms with E-state index in [1.807, 2.05) is 6.07 Å². The van der Waals surface area contributed by atoms with Crippen molar-refractivity contribution < 1.29 is 37.0 Å². The number of alkyl halides is 3. The minimum Gasteiger partial charge on any atom is -0.494 e. The molecule has 2 aromatic heterocycles. The van der Waals surface area contributed by atoms with E-state index in [2.05, 4.69) is 19.9 Å². The third kappa shape index (κ3) is 7.39. The van der Waals surface area contributed by atoms with Crippen molar-refractivity contribution in [3.8, 4) is 17.4 Å². The molecule has 1 saturated heterocycles. The number of aromatic nitrogens is 1. The first-order valence-electron chi connectivity index (χ1n) is 12.0. The number of halogens is 3. The van der Waals surface area contributed by atoms with Gasteiger partial charge in [-0.25, -0.2) is 4.98 Å². The number of hydrogen-bond donors (Lipinski definition) is 1. The lowest BCUT2D eigenvalue weighted by Gasteiger charge is -2.34. The van der Waals surface area contributed by atoms with Crippen molar-refractivity contribution in [1.82, 2.24) is 20.1 Å². The second-order valence-electron chi connectivity index (χ2n) is 8.58. The van der Waals surface area contributed by atoms with E-state index >= 15 is 0 Å². The molecule has 0 bridgehead atoms. The first kappa shape index (κ1) is 28.2. The Balaban J connectivity index is 1.29. The van der Waals surface area contributed by atoms with Gasteiger partial charge in [0.25, 0.3) is 11.8 Å². The molecule has 9 nitrogen and oxygen atoms in total. The lowest BCUT2D eigenvalue weighted by atomic mass is 10.2. The summed E-state index contributed by atoms with van der Waals surface area (Å²) < 4.78 is 52.4. The summed E-state index contributed by atoms with van der Waals surface area (Å²) in [6.07, 6.45) is -4.82. The van der Waals surface area contributed by atoms with E-state index in [1.54, 1.807) is 29.2 Å². The van der Waals surface area contributed by atoms with Crippen LogP contribution in [0.1, 0.15) is 30.6 Å². The molecular weight excluding hydrogens is 537 g/mol. The lowest BCUT2D eigenvalue weighted by molar-refractivity contribution is -0.274. The van der Waals surface area contributed by atoms with Crippen LogP contribution in [0.5, 0.6) is 17.4 Å². The second kappa shape index (κ2) is 12.3. The fourth-order valence-electron chi connectivity index (χ4n) is 4.06. The zero-order valence-corrected chi connectivity index (χ0v) is 22.1. The molecule has 1 aliphatic heterocycles. The predicted octanol–water partition coefficient (Wildman–Crippen LogP) is 3.95. The van der Waals surface area contributed by atoms with E-state index in [0.29, 0.717) is 49.2 Å². The highest BCUT2D eigenvalue weighted by molar-refractivity contribution is 7.14. The SMILES string of the molecule is COc1ccc(OC)c(C(=O)N2CCN(Cc3ccc(C(=O)NCc4ccccc4OC(F)(F)F)s3)CC2)n1. The number of rotatable bonds is 9. The molecule has 0 saturated carbocycles. The molecule has 0 radical (unpaired) electrons. The van der Waals surface area contributed by atoms with E-state index in [9.17, 15) is 22.8 Å². The number of carbonyl (C=O) groups excluding carboxylic acids is 2. The Bertz CT molecular complexity index is 1310. The molecule has 0 unspecified atom stereocenters. The molecule has 13 heteroatoms. The highest BCUT2D eigenvalue weighted by Crippen LogP contribution is 2.27. The zero-order valence-electron chi connectivity index (χ0n) is 21.3. The predicted molar refractivity (Wildman–Crippen MR) is 137 cm³/mol. The van der Waals surface area contributed by atoms with Crippen LogP contribution < -0.4 is 19.5 Å². The number of nitrogens with one attached hydrogen (secondary N) is 1. The molecule has 2 amide bonds. The van der Waals surface area contributed by atoms with Gasteiger partial charge >= 0.3 is 6.36 Å². The number of benzene rings is 1. The van der Waals surface area contributed by atoms with Gasteiger partial charge in [-0.3, -0.25) is 14.5 Å². The number of methoxy groups -OCH3 is 2. The molecule has 0 spiro atoms. The summed E-state index contributed by atoms with van der Waals surface area (Å²) in [5.74, 6) is -0.264. The van der Waals surface area contributed by atoms with Crippen molar-refractivity contribution in [3.63, 3.8) is 0 Å². The number of thiophene rings is 1. The Kier molecular flexibility index (Phi) is 8.92. The van der Waals surface area contributed by atoms with E-state index in [1.165, 1.54) is 43.8 Å². The van der Waals surface area contributed by atoms with Gasteiger partial charge in [0, 0.05) is 55.8 Å². The number of nitrogens with zero attached hydrogens (tertiary/aromatic N) is 3. The third-order valence-corrected chi connectivity index (χ3v) is 7.10. The van der Waals surface area contributed by atoms with Gasteiger partial charge in [0.15, 0.2) is 11.4 Å². The van der Waals surface area contributed by atoms with Gasteiger partial charge in [-0.05, 0) is 24.3 Å². The van der Waals surface area contributed by atoms with Crippen LogP contribution in [0.2, 0.25) is 0 Å². The maximum atomic E-state index is 13.0. The first-order chi connectivity index (χ1) is 18.7. The summed E-state index contributed by atoms with van der Waals surface area (Å²) >= 11 is 1.31. The summed E-state index contributed by atoms with van der Waals surface area (Å²) in [4.78, 5) is 35.2. The molecule has 4 rings (SSSR count). The van der Waals surface area contributed by atoms with Crippen molar-refractivity contribution in [2.24, 2.45) is 0 Å². The van der Waals surface area contributed by atoms with Crippen LogP contribution in [0.3, 0.4) is 0 Å². The average molecular weight is 565 g/mol. The first-order valence-corrected chi connectivity index (χ1v) is 12.8. The summed E-state index contributed by atoms with van der Waals surface area (Å²) in [6.45, 7) is 2.75. The molecule has 1 aliphatic rings. The number of ether oxygens (including phenoxy) is 3. The number of pyridine rings is 1. The van der Waals surface area contributed by atoms with Crippen LogP contribution in [-0.2, 0) is 13.1 Å². The third-order valence-electron chi connectivity index (χ3n) is 6.03. The number of carbonyl (C=O) groups is 2. The van der Waals surface area contributed by atoms with E-state index < -0.39 is 6.36 Å². The van der Waals surface area contributed by atoms with Gasteiger partial charge in [0.05, 0.1) is 19.1 Å². The van der Waals surface area contributed by atoms with Crippen molar-refractivity contribution >= 4 is 23.2 Å². The second-order valence-corrected chi connectivity index (χ2v) is 9.75. The molecular formula is C26H27F3N4O5S. The fraction of sp³-hybridized carbons (Fsp3) is 0.346. The quantitative estimate of drug-likeness (QED) is 0.421. The van der Waals surface area contributed by atoms with Crippen LogP contribution in [0.25, 0.3) is 0 Å². The van der Waals surface area contributed by atoms with E-state index in [0.717, 1.165) is 4.88 Å². The Morgan fingerprint density at radius 2 is 1.72 bits per heavy atom. The van der Waals surface area contributed by atoms with Crippen molar-refractivity contribution in [1.29, 1.82) is 0 Å². The minimum atomic E-state index is -4.82. The lowest BCUT2D eigenvalue weighted by Crippen LogP contribution is -2.48. The Labute approximate surface area is 227 Å². The van der Waals surface area contributed by atoms with Crippen LogP contribution in [0.15, 0.2) is 48.5 Å². The summed E-state index contributed by atoms with van der Waals surface area (Å²) in [6, 6.07) is 12.5. The van der Waals surface area contributed by atoms with Crippen LogP contribution >= 0.6 is 11.3 Å². The average Bonchev–Trinajstić information content (AvgIpc) is 3.39. The maximum Gasteiger partial charge on any atom is 0.573 e.